The van der Waals surface area contributed by atoms with Gasteiger partial charge in [0.15, 0.2) is 12.5 Å². The van der Waals surface area contributed by atoms with Crippen LogP contribution in [0.15, 0.2) is 77.9 Å². The standard InChI is InChI=1S/C31H38N2O3/c1-7-24-19-26(14-18-29(24)30(34)21(2)3)33(6)25-12-15-27(16-13-25)36-20-32-31(35)28-17-11-22(4)9-8-10-23(28)5/h8,10-19,21-22H,7,9,20H2,1-6H3,(H,32,35)/b10-8+,17-11-,28-23+. The number of aryl methyl sites for hydroxylation is 1. The first-order valence-electron chi connectivity index (χ1n) is 12.7. The van der Waals surface area contributed by atoms with Crippen LogP contribution in [-0.2, 0) is 11.2 Å². The second-order valence-corrected chi connectivity index (χ2v) is 9.63. The fourth-order valence-electron chi connectivity index (χ4n) is 4.10. The number of amides is 1. The van der Waals surface area contributed by atoms with Crippen LogP contribution >= 0.6 is 0 Å². The summed E-state index contributed by atoms with van der Waals surface area (Å²) in [6.07, 6.45) is 9.85. The molecule has 0 bridgehead atoms. The molecule has 0 heterocycles. The monoisotopic (exact) mass is 486 g/mol. The Morgan fingerprint density at radius 1 is 1.08 bits per heavy atom. The highest BCUT2D eigenvalue weighted by Gasteiger charge is 2.16. The number of nitrogens with one attached hydrogen (secondary N) is 1. The normalized spacial score (nSPS) is 19.2. The molecule has 2 aromatic rings. The van der Waals surface area contributed by atoms with Gasteiger partial charge in [-0.05, 0) is 79.3 Å². The van der Waals surface area contributed by atoms with E-state index in [4.69, 9.17) is 4.74 Å². The van der Waals surface area contributed by atoms with E-state index in [1.54, 1.807) is 0 Å². The first-order chi connectivity index (χ1) is 17.2. The Hall–Kier alpha value is -3.60. The number of anilines is 2. The van der Waals surface area contributed by atoms with Crippen LogP contribution in [0.3, 0.4) is 0 Å². The SMILES string of the molecule is CCc1cc(N(C)c2ccc(OCNC(=O)C3=C(C)/C=C/CC(C)/C=C\3)cc2)ccc1C(=O)C(C)C. The average molecular weight is 487 g/mol. The Morgan fingerprint density at radius 2 is 1.78 bits per heavy atom. The quantitative estimate of drug-likeness (QED) is 0.314. The van der Waals surface area contributed by atoms with E-state index >= 15 is 0 Å². The summed E-state index contributed by atoms with van der Waals surface area (Å²) < 4.78 is 5.77. The molecule has 3 rings (SSSR count). The lowest BCUT2D eigenvalue weighted by molar-refractivity contribution is -0.118. The number of carbonyl (C=O) groups is 2. The Kier molecular flexibility index (Phi) is 9.29. The van der Waals surface area contributed by atoms with E-state index < -0.39 is 0 Å². The van der Waals surface area contributed by atoms with Crippen LogP contribution in [0.2, 0.25) is 0 Å². The highest BCUT2D eigenvalue weighted by Crippen LogP contribution is 2.28. The summed E-state index contributed by atoms with van der Waals surface area (Å²) in [6, 6.07) is 13.8. The van der Waals surface area contributed by atoms with Crippen molar-refractivity contribution in [1.82, 2.24) is 5.32 Å². The zero-order chi connectivity index (χ0) is 26.2. The fraction of sp³-hybridized carbons (Fsp3) is 0.355. The van der Waals surface area contributed by atoms with E-state index in [9.17, 15) is 9.59 Å². The minimum atomic E-state index is -0.148. The van der Waals surface area contributed by atoms with Crippen LogP contribution in [0.4, 0.5) is 11.4 Å². The molecule has 0 spiro atoms. The van der Waals surface area contributed by atoms with Crippen molar-refractivity contribution in [3.05, 3.63) is 89.0 Å². The van der Waals surface area contributed by atoms with Gasteiger partial charge in [-0.1, -0.05) is 52.0 Å². The second kappa shape index (κ2) is 12.4. The van der Waals surface area contributed by atoms with Gasteiger partial charge in [-0.3, -0.25) is 9.59 Å². The lowest BCUT2D eigenvalue weighted by Gasteiger charge is -2.22. The molecule has 0 saturated carbocycles. The number of carbonyl (C=O) groups excluding carboxylic acids is 2. The fourth-order valence-corrected chi connectivity index (χ4v) is 4.10. The molecule has 1 aliphatic carbocycles. The summed E-state index contributed by atoms with van der Waals surface area (Å²) in [4.78, 5) is 27.3. The molecular formula is C31H38N2O3. The molecule has 0 fully saturated rings. The number of nitrogens with zero attached hydrogens (tertiary/aromatic N) is 1. The highest BCUT2D eigenvalue weighted by atomic mass is 16.5. The molecule has 36 heavy (non-hydrogen) atoms. The molecule has 1 unspecified atom stereocenters. The average Bonchev–Trinajstić information content (AvgIpc) is 2.87. The first kappa shape index (κ1) is 27.0. The third-order valence-electron chi connectivity index (χ3n) is 6.48. The number of ether oxygens (including phenoxy) is 1. The molecule has 1 atom stereocenters. The maximum atomic E-state index is 12.7. The number of hydrogen-bond donors (Lipinski definition) is 1. The minimum Gasteiger partial charge on any atom is -0.473 e. The van der Waals surface area contributed by atoms with Gasteiger partial charge in [0.05, 0.1) is 0 Å². The van der Waals surface area contributed by atoms with Crippen molar-refractivity contribution < 1.29 is 14.3 Å². The van der Waals surface area contributed by atoms with Gasteiger partial charge in [0.1, 0.15) is 5.75 Å². The van der Waals surface area contributed by atoms with Crippen molar-refractivity contribution in [1.29, 1.82) is 0 Å². The molecular weight excluding hydrogens is 448 g/mol. The second-order valence-electron chi connectivity index (χ2n) is 9.63. The van der Waals surface area contributed by atoms with Gasteiger partial charge in [0.25, 0.3) is 5.91 Å². The van der Waals surface area contributed by atoms with E-state index in [0.29, 0.717) is 17.2 Å². The summed E-state index contributed by atoms with van der Waals surface area (Å²) in [5.41, 5.74) is 5.48. The van der Waals surface area contributed by atoms with Gasteiger partial charge in [-0.25, -0.2) is 0 Å². The number of allylic oxidation sites excluding steroid dienone is 4. The molecule has 0 aromatic heterocycles. The Bertz CT molecular complexity index is 1170. The number of Topliss-reactive ketones (excluding diaryl/α,β-unsaturated/α-hetero) is 1. The van der Waals surface area contributed by atoms with Gasteiger partial charge in [0.2, 0.25) is 0 Å². The maximum absolute atomic E-state index is 12.7. The molecule has 1 aliphatic rings. The summed E-state index contributed by atoms with van der Waals surface area (Å²) in [5.74, 6) is 1.08. The van der Waals surface area contributed by atoms with Crippen LogP contribution in [0, 0.1) is 11.8 Å². The molecule has 1 N–H and O–H groups in total. The van der Waals surface area contributed by atoms with Gasteiger partial charge < -0.3 is 15.0 Å². The largest absolute Gasteiger partial charge is 0.473 e. The van der Waals surface area contributed by atoms with Gasteiger partial charge in [-0.15, -0.1) is 0 Å². The van der Waals surface area contributed by atoms with Crippen molar-refractivity contribution in [3.63, 3.8) is 0 Å². The van der Waals surface area contributed by atoms with Gasteiger partial charge >= 0.3 is 0 Å². The number of benzene rings is 2. The van der Waals surface area contributed by atoms with E-state index in [2.05, 4.69) is 42.3 Å². The first-order valence-corrected chi connectivity index (χ1v) is 12.7. The number of ketones is 1. The third-order valence-corrected chi connectivity index (χ3v) is 6.48. The predicted molar refractivity (Wildman–Crippen MR) is 148 cm³/mol. The van der Waals surface area contributed by atoms with Gasteiger partial charge in [0, 0.05) is 35.5 Å². The molecule has 5 heteroatoms. The van der Waals surface area contributed by atoms with Crippen LogP contribution in [0.25, 0.3) is 0 Å². The zero-order valence-electron chi connectivity index (χ0n) is 22.3. The van der Waals surface area contributed by atoms with Crippen LogP contribution in [-0.4, -0.2) is 25.5 Å². The third kappa shape index (κ3) is 6.75. The van der Waals surface area contributed by atoms with E-state index in [1.165, 1.54) is 0 Å². The summed E-state index contributed by atoms with van der Waals surface area (Å²) in [5, 5.41) is 2.85. The number of rotatable bonds is 9. The smallest absolute Gasteiger partial charge is 0.254 e. The summed E-state index contributed by atoms with van der Waals surface area (Å²) in [7, 11) is 2.00. The predicted octanol–water partition coefficient (Wildman–Crippen LogP) is 6.78. The van der Waals surface area contributed by atoms with Gasteiger partial charge in [-0.2, -0.15) is 0 Å². The molecule has 0 aliphatic heterocycles. The number of hydrogen-bond acceptors (Lipinski definition) is 4. The van der Waals surface area contributed by atoms with E-state index in [-0.39, 0.29) is 24.3 Å². The van der Waals surface area contributed by atoms with Crippen molar-refractivity contribution >= 4 is 23.1 Å². The lowest BCUT2D eigenvalue weighted by atomic mass is 9.94. The summed E-state index contributed by atoms with van der Waals surface area (Å²) in [6.45, 7) is 10.1. The topological polar surface area (TPSA) is 58.6 Å². The molecule has 2 aromatic carbocycles. The van der Waals surface area contributed by atoms with Crippen LogP contribution in [0.5, 0.6) is 5.75 Å². The summed E-state index contributed by atoms with van der Waals surface area (Å²) >= 11 is 0. The molecule has 0 radical (unpaired) electrons. The van der Waals surface area contributed by atoms with Crippen molar-refractivity contribution in [3.8, 4) is 5.75 Å². The van der Waals surface area contributed by atoms with Crippen molar-refractivity contribution in [2.45, 2.75) is 47.5 Å². The lowest BCUT2D eigenvalue weighted by Crippen LogP contribution is -2.29. The Labute approximate surface area is 215 Å². The molecule has 1 amide bonds. The van der Waals surface area contributed by atoms with Crippen molar-refractivity contribution in [2.75, 3.05) is 18.7 Å². The van der Waals surface area contributed by atoms with E-state index in [1.807, 2.05) is 76.4 Å². The Balaban J connectivity index is 1.62. The van der Waals surface area contributed by atoms with Crippen LogP contribution in [0.1, 0.15) is 57.0 Å². The maximum Gasteiger partial charge on any atom is 0.254 e. The Morgan fingerprint density at radius 3 is 2.44 bits per heavy atom. The molecule has 0 saturated heterocycles. The van der Waals surface area contributed by atoms with E-state index in [0.717, 1.165) is 40.9 Å². The van der Waals surface area contributed by atoms with Crippen molar-refractivity contribution in [2.24, 2.45) is 11.8 Å². The highest BCUT2D eigenvalue weighted by molar-refractivity contribution is 5.99. The molecule has 190 valence electrons. The van der Waals surface area contributed by atoms with Crippen LogP contribution < -0.4 is 15.0 Å². The minimum absolute atomic E-state index is 0.0225. The molecule has 5 nitrogen and oxygen atoms in total. The zero-order valence-corrected chi connectivity index (χ0v) is 22.3.